The van der Waals surface area contributed by atoms with Gasteiger partial charge in [0.1, 0.15) is 11.5 Å². The second-order valence-electron chi connectivity index (χ2n) is 9.35. The number of rotatable bonds is 16. The van der Waals surface area contributed by atoms with Crippen LogP contribution in [0, 0.1) is 6.92 Å². The Morgan fingerprint density at radius 1 is 0.629 bits per heavy atom. The van der Waals surface area contributed by atoms with Crippen molar-refractivity contribution in [3.05, 3.63) is 78.4 Å². The molecule has 3 aromatic carbocycles. The van der Waals surface area contributed by atoms with Crippen LogP contribution in [0.3, 0.4) is 0 Å². The molecule has 0 radical (unpaired) electrons. The summed E-state index contributed by atoms with van der Waals surface area (Å²) in [5, 5.41) is 0. The lowest BCUT2D eigenvalue weighted by molar-refractivity contribution is 0.304. The van der Waals surface area contributed by atoms with Crippen LogP contribution in [-0.2, 0) is 0 Å². The van der Waals surface area contributed by atoms with Gasteiger partial charge in [-0.2, -0.15) is 0 Å². The Bertz CT molecular complexity index is 969. The van der Waals surface area contributed by atoms with Crippen LogP contribution >= 0.6 is 0 Å². The minimum atomic E-state index is 0.788. The Labute approximate surface area is 213 Å². The van der Waals surface area contributed by atoms with Crippen LogP contribution in [0.15, 0.2) is 72.8 Å². The van der Waals surface area contributed by atoms with Crippen LogP contribution in [0.5, 0.6) is 11.5 Å². The molecule has 0 spiro atoms. The molecule has 0 aliphatic rings. The van der Waals surface area contributed by atoms with Gasteiger partial charge in [-0.15, -0.1) is 0 Å². The van der Waals surface area contributed by atoms with Crippen molar-refractivity contribution in [1.29, 1.82) is 0 Å². The molecule has 3 aromatic rings. The SMILES string of the molecule is CCCCCCCCCCCCOc1ccc(N(c2ccccc2)c2ccc(OC)cc2)c(C)c1. The number of methoxy groups -OCH3 is 1. The smallest absolute Gasteiger partial charge is 0.119 e. The molecule has 0 aliphatic carbocycles. The van der Waals surface area contributed by atoms with Gasteiger partial charge in [0.2, 0.25) is 0 Å². The van der Waals surface area contributed by atoms with Gasteiger partial charge in [0, 0.05) is 17.1 Å². The summed E-state index contributed by atoms with van der Waals surface area (Å²) in [6.45, 7) is 5.22. The van der Waals surface area contributed by atoms with Gasteiger partial charge >= 0.3 is 0 Å². The number of ether oxygens (including phenoxy) is 2. The molecule has 3 nitrogen and oxygen atoms in total. The van der Waals surface area contributed by atoms with Gasteiger partial charge in [-0.1, -0.05) is 82.9 Å². The summed E-state index contributed by atoms with van der Waals surface area (Å²) in [6.07, 6.45) is 13.4. The lowest BCUT2D eigenvalue weighted by Crippen LogP contribution is -2.11. The highest BCUT2D eigenvalue weighted by molar-refractivity contribution is 5.78. The standard InChI is InChI=1S/C32H43NO2/c1-4-5-6-7-8-9-10-11-12-16-25-35-31-23-24-32(27(2)26-31)33(28-17-14-13-15-18-28)29-19-21-30(34-3)22-20-29/h13-15,17-24,26H,4-12,16,25H2,1-3H3. The van der Waals surface area contributed by atoms with Crippen LogP contribution in [0.1, 0.15) is 76.7 Å². The monoisotopic (exact) mass is 473 g/mol. The summed E-state index contributed by atoms with van der Waals surface area (Å²) in [7, 11) is 1.70. The molecule has 35 heavy (non-hydrogen) atoms. The zero-order valence-corrected chi connectivity index (χ0v) is 22.0. The molecule has 0 aromatic heterocycles. The van der Waals surface area contributed by atoms with E-state index in [0.29, 0.717) is 0 Å². The van der Waals surface area contributed by atoms with Gasteiger partial charge in [-0.05, 0) is 73.5 Å². The zero-order chi connectivity index (χ0) is 24.7. The molecule has 0 unspecified atom stereocenters. The Balaban J connectivity index is 1.53. The number of hydrogen-bond donors (Lipinski definition) is 0. The number of benzene rings is 3. The van der Waals surface area contributed by atoms with E-state index in [9.17, 15) is 0 Å². The summed E-state index contributed by atoms with van der Waals surface area (Å²) in [6, 6.07) is 25.1. The van der Waals surface area contributed by atoms with Crippen molar-refractivity contribution in [3.8, 4) is 11.5 Å². The average molecular weight is 474 g/mol. The highest BCUT2D eigenvalue weighted by Gasteiger charge is 2.15. The topological polar surface area (TPSA) is 21.7 Å². The van der Waals surface area contributed by atoms with Crippen LogP contribution < -0.4 is 14.4 Å². The molecule has 0 saturated heterocycles. The maximum absolute atomic E-state index is 6.10. The molecule has 0 saturated carbocycles. The van der Waals surface area contributed by atoms with E-state index in [2.05, 4.69) is 73.3 Å². The Hall–Kier alpha value is -2.94. The molecule has 0 amide bonds. The van der Waals surface area contributed by atoms with Gasteiger partial charge in [0.05, 0.1) is 13.7 Å². The fourth-order valence-corrected chi connectivity index (χ4v) is 4.48. The summed E-state index contributed by atoms with van der Waals surface area (Å²) < 4.78 is 11.5. The Morgan fingerprint density at radius 2 is 1.20 bits per heavy atom. The molecule has 0 heterocycles. The fraction of sp³-hybridized carbons (Fsp3) is 0.438. The summed E-state index contributed by atoms with van der Waals surface area (Å²) >= 11 is 0. The largest absolute Gasteiger partial charge is 0.497 e. The van der Waals surface area contributed by atoms with E-state index >= 15 is 0 Å². The average Bonchev–Trinajstić information content (AvgIpc) is 2.89. The normalized spacial score (nSPS) is 10.8. The predicted octanol–water partition coefficient (Wildman–Crippen LogP) is 9.77. The number of hydrogen-bond acceptors (Lipinski definition) is 3. The number of nitrogens with zero attached hydrogens (tertiary/aromatic N) is 1. The highest BCUT2D eigenvalue weighted by Crippen LogP contribution is 2.38. The van der Waals surface area contributed by atoms with E-state index in [-0.39, 0.29) is 0 Å². The van der Waals surface area contributed by atoms with Crippen molar-refractivity contribution in [2.75, 3.05) is 18.6 Å². The molecule has 0 bridgehead atoms. The Morgan fingerprint density at radius 3 is 1.80 bits per heavy atom. The van der Waals surface area contributed by atoms with E-state index in [0.717, 1.165) is 41.6 Å². The van der Waals surface area contributed by atoms with Crippen LogP contribution in [0.25, 0.3) is 0 Å². The molecular formula is C32H43NO2. The van der Waals surface area contributed by atoms with Gasteiger partial charge in [-0.3, -0.25) is 0 Å². The first-order chi connectivity index (χ1) is 17.2. The summed E-state index contributed by atoms with van der Waals surface area (Å²) in [5.74, 6) is 1.80. The second kappa shape index (κ2) is 15.1. The quantitative estimate of drug-likeness (QED) is 0.193. The third kappa shape index (κ3) is 8.65. The second-order valence-corrected chi connectivity index (χ2v) is 9.35. The zero-order valence-electron chi connectivity index (χ0n) is 22.0. The van der Waals surface area contributed by atoms with Crippen LogP contribution in [0.4, 0.5) is 17.1 Å². The first kappa shape index (κ1) is 26.7. The summed E-state index contributed by atoms with van der Waals surface area (Å²) in [4.78, 5) is 2.28. The molecular weight excluding hydrogens is 430 g/mol. The lowest BCUT2D eigenvalue weighted by Gasteiger charge is -2.27. The van der Waals surface area contributed by atoms with E-state index in [1.807, 2.05) is 18.2 Å². The molecule has 3 rings (SSSR count). The van der Waals surface area contributed by atoms with Crippen molar-refractivity contribution < 1.29 is 9.47 Å². The molecule has 0 N–H and O–H groups in total. The van der Waals surface area contributed by atoms with Gasteiger partial charge in [-0.25, -0.2) is 0 Å². The summed E-state index contributed by atoms with van der Waals surface area (Å²) in [5.41, 5.74) is 4.55. The van der Waals surface area contributed by atoms with Crippen molar-refractivity contribution in [3.63, 3.8) is 0 Å². The van der Waals surface area contributed by atoms with Crippen LogP contribution in [0.2, 0.25) is 0 Å². The number of anilines is 3. The van der Waals surface area contributed by atoms with Crippen molar-refractivity contribution >= 4 is 17.1 Å². The van der Waals surface area contributed by atoms with E-state index < -0.39 is 0 Å². The predicted molar refractivity (Wildman–Crippen MR) is 150 cm³/mol. The van der Waals surface area contributed by atoms with Gasteiger partial charge in [0.15, 0.2) is 0 Å². The van der Waals surface area contributed by atoms with E-state index in [1.54, 1.807) is 7.11 Å². The fourth-order valence-electron chi connectivity index (χ4n) is 4.48. The molecule has 0 atom stereocenters. The van der Waals surface area contributed by atoms with Gasteiger partial charge < -0.3 is 14.4 Å². The third-order valence-corrected chi connectivity index (χ3v) is 6.52. The van der Waals surface area contributed by atoms with Gasteiger partial charge in [0.25, 0.3) is 0 Å². The Kier molecular flexibility index (Phi) is 11.5. The maximum atomic E-state index is 6.10. The first-order valence-electron chi connectivity index (χ1n) is 13.5. The maximum Gasteiger partial charge on any atom is 0.119 e. The lowest BCUT2D eigenvalue weighted by atomic mass is 10.1. The first-order valence-corrected chi connectivity index (χ1v) is 13.5. The molecule has 188 valence electrons. The number of aryl methyl sites for hydroxylation is 1. The van der Waals surface area contributed by atoms with E-state index in [1.165, 1.54) is 63.4 Å². The molecule has 0 fully saturated rings. The minimum absolute atomic E-state index is 0.788. The van der Waals surface area contributed by atoms with Crippen molar-refractivity contribution in [2.45, 2.75) is 78.1 Å². The van der Waals surface area contributed by atoms with Crippen molar-refractivity contribution in [1.82, 2.24) is 0 Å². The van der Waals surface area contributed by atoms with Crippen molar-refractivity contribution in [2.24, 2.45) is 0 Å². The van der Waals surface area contributed by atoms with E-state index in [4.69, 9.17) is 9.47 Å². The minimum Gasteiger partial charge on any atom is -0.497 e. The highest BCUT2D eigenvalue weighted by atomic mass is 16.5. The molecule has 3 heteroatoms. The number of unbranched alkanes of at least 4 members (excludes halogenated alkanes) is 9. The number of para-hydroxylation sites is 1. The third-order valence-electron chi connectivity index (χ3n) is 6.52. The van der Waals surface area contributed by atoms with Crippen LogP contribution in [-0.4, -0.2) is 13.7 Å². The molecule has 0 aliphatic heterocycles.